The summed E-state index contributed by atoms with van der Waals surface area (Å²) < 4.78 is 0. The molecule has 0 N–H and O–H groups in total. The van der Waals surface area contributed by atoms with Gasteiger partial charge in [0.1, 0.15) is 0 Å². The molecular weight excluding hydrogens is 471 g/mol. The van der Waals surface area contributed by atoms with E-state index in [9.17, 15) is 4.79 Å². The van der Waals surface area contributed by atoms with Crippen molar-refractivity contribution in [3.63, 3.8) is 0 Å². The molecule has 0 unspecified atom stereocenters. The van der Waals surface area contributed by atoms with E-state index >= 15 is 0 Å². The summed E-state index contributed by atoms with van der Waals surface area (Å²) in [6, 6.07) is 22.5. The van der Waals surface area contributed by atoms with Gasteiger partial charge >= 0.3 is 0 Å². The second-order valence-corrected chi connectivity index (χ2v) is 9.25. The predicted molar refractivity (Wildman–Crippen MR) is 130 cm³/mol. The molecule has 31 heavy (non-hydrogen) atoms. The van der Waals surface area contributed by atoms with E-state index < -0.39 is 0 Å². The number of amides is 1. The maximum absolute atomic E-state index is 13.2. The third kappa shape index (κ3) is 4.94. The molecule has 0 radical (unpaired) electrons. The van der Waals surface area contributed by atoms with E-state index in [1.165, 1.54) is 11.3 Å². The van der Waals surface area contributed by atoms with Gasteiger partial charge in [-0.1, -0.05) is 77.3 Å². The lowest BCUT2D eigenvalue weighted by molar-refractivity contribution is 0.0785. The van der Waals surface area contributed by atoms with Crippen LogP contribution in [0.25, 0.3) is 21.7 Å². The molecule has 156 valence electrons. The fourth-order valence-corrected chi connectivity index (χ4v) is 4.87. The first-order valence-corrected chi connectivity index (χ1v) is 11.4. The van der Waals surface area contributed by atoms with Crippen molar-refractivity contribution in [1.29, 1.82) is 0 Å². The molecule has 0 aliphatic heterocycles. The van der Waals surface area contributed by atoms with Crippen molar-refractivity contribution in [2.45, 2.75) is 6.54 Å². The van der Waals surface area contributed by atoms with Gasteiger partial charge in [-0.2, -0.15) is 0 Å². The van der Waals surface area contributed by atoms with Gasteiger partial charge < -0.3 is 4.90 Å². The van der Waals surface area contributed by atoms with Crippen molar-refractivity contribution < 1.29 is 4.79 Å². The minimum absolute atomic E-state index is 0.152. The van der Waals surface area contributed by atoms with E-state index in [0.29, 0.717) is 32.3 Å². The van der Waals surface area contributed by atoms with Crippen LogP contribution in [0.4, 0.5) is 0 Å². The highest BCUT2D eigenvalue weighted by Gasteiger charge is 2.23. The minimum Gasteiger partial charge on any atom is -0.335 e. The van der Waals surface area contributed by atoms with Crippen LogP contribution in [0.5, 0.6) is 0 Å². The Hall–Kier alpha value is -2.37. The zero-order valence-electron chi connectivity index (χ0n) is 16.5. The molecule has 1 aromatic heterocycles. The lowest BCUT2D eigenvalue weighted by atomic mass is 10.1. The molecule has 0 fully saturated rings. The summed E-state index contributed by atoms with van der Waals surface area (Å²) in [7, 11) is 1.77. The lowest BCUT2D eigenvalue weighted by Crippen LogP contribution is -2.26. The van der Waals surface area contributed by atoms with Crippen molar-refractivity contribution in [3.8, 4) is 21.7 Å². The smallest absolute Gasteiger partial charge is 0.282 e. The molecule has 0 aliphatic rings. The van der Waals surface area contributed by atoms with Gasteiger partial charge in [0.05, 0.1) is 15.6 Å². The van der Waals surface area contributed by atoms with Gasteiger partial charge in [-0.15, -0.1) is 11.3 Å². The van der Waals surface area contributed by atoms with Crippen molar-refractivity contribution in [1.82, 2.24) is 9.88 Å². The standard InChI is InChI=1S/C24H17Cl3N2OS/c1-29(14-15-5-3-2-4-6-15)24(30)23-28-21(19-12-11-18(26)13-20(19)27)22(31-23)16-7-9-17(25)10-8-16/h2-13H,14H2,1H3. The molecular formula is C24H17Cl3N2OS. The molecule has 0 saturated carbocycles. The van der Waals surface area contributed by atoms with Gasteiger partial charge in [-0.3, -0.25) is 4.79 Å². The van der Waals surface area contributed by atoms with E-state index in [1.807, 2.05) is 60.7 Å². The monoisotopic (exact) mass is 486 g/mol. The summed E-state index contributed by atoms with van der Waals surface area (Å²) in [6.07, 6.45) is 0. The quantitative estimate of drug-likeness (QED) is 0.289. The molecule has 0 atom stereocenters. The van der Waals surface area contributed by atoms with Crippen LogP contribution >= 0.6 is 46.1 Å². The first-order chi connectivity index (χ1) is 14.9. The maximum atomic E-state index is 13.2. The molecule has 3 nitrogen and oxygen atoms in total. The lowest BCUT2D eigenvalue weighted by Gasteiger charge is -2.15. The SMILES string of the molecule is CN(Cc1ccccc1)C(=O)c1nc(-c2ccc(Cl)cc2Cl)c(-c2ccc(Cl)cc2)s1. The highest BCUT2D eigenvalue weighted by Crippen LogP contribution is 2.40. The number of halogens is 3. The molecule has 4 rings (SSSR count). The van der Waals surface area contributed by atoms with Gasteiger partial charge in [0.25, 0.3) is 5.91 Å². The molecule has 4 aromatic rings. The van der Waals surface area contributed by atoms with Crippen LogP contribution in [-0.2, 0) is 6.54 Å². The molecule has 3 aromatic carbocycles. The Morgan fingerprint density at radius 3 is 2.29 bits per heavy atom. The fourth-order valence-electron chi connectivity index (χ4n) is 3.16. The highest BCUT2D eigenvalue weighted by molar-refractivity contribution is 7.17. The van der Waals surface area contributed by atoms with Crippen molar-refractivity contribution in [3.05, 3.63) is 98.4 Å². The Balaban J connectivity index is 1.75. The summed E-state index contributed by atoms with van der Waals surface area (Å²) in [5, 5.41) is 2.04. The number of nitrogens with zero attached hydrogens (tertiary/aromatic N) is 2. The van der Waals surface area contributed by atoms with Crippen LogP contribution in [0.3, 0.4) is 0 Å². The van der Waals surface area contributed by atoms with Crippen LogP contribution in [0.15, 0.2) is 72.8 Å². The molecule has 1 heterocycles. The van der Waals surface area contributed by atoms with Crippen LogP contribution in [0.2, 0.25) is 15.1 Å². The Morgan fingerprint density at radius 1 is 0.935 bits per heavy atom. The zero-order valence-corrected chi connectivity index (χ0v) is 19.6. The average molecular weight is 488 g/mol. The second-order valence-electron chi connectivity index (χ2n) is 6.97. The van der Waals surface area contributed by atoms with Crippen LogP contribution in [0.1, 0.15) is 15.4 Å². The van der Waals surface area contributed by atoms with Gasteiger partial charge in [0.2, 0.25) is 0 Å². The summed E-state index contributed by atoms with van der Waals surface area (Å²) in [6.45, 7) is 0.493. The molecule has 0 saturated heterocycles. The van der Waals surface area contributed by atoms with Crippen molar-refractivity contribution in [2.24, 2.45) is 0 Å². The number of aromatic nitrogens is 1. The van der Waals surface area contributed by atoms with Gasteiger partial charge in [-0.05, 0) is 41.5 Å². The Morgan fingerprint density at radius 2 is 1.61 bits per heavy atom. The number of hydrogen-bond acceptors (Lipinski definition) is 3. The maximum Gasteiger partial charge on any atom is 0.282 e. The van der Waals surface area contributed by atoms with Gasteiger partial charge in [0.15, 0.2) is 5.01 Å². The van der Waals surface area contributed by atoms with Crippen molar-refractivity contribution >= 4 is 52.0 Å². The number of hydrogen-bond donors (Lipinski definition) is 0. The van der Waals surface area contributed by atoms with E-state index in [-0.39, 0.29) is 5.91 Å². The fraction of sp³-hybridized carbons (Fsp3) is 0.0833. The Bertz CT molecular complexity index is 1220. The molecule has 7 heteroatoms. The topological polar surface area (TPSA) is 33.2 Å². The first kappa shape index (κ1) is 21.8. The number of carbonyl (C=O) groups is 1. The third-order valence-electron chi connectivity index (χ3n) is 4.71. The highest BCUT2D eigenvalue weighted by atomic mass is 35.5. The van der Waals surface area contributed by atoms with Gasteiger partial charge in [0, 0.05) is 29.2 Å². The summed E-state index contributed by atoms with van der Waals surface area (Å²) in [5.74, 6) is -0.152. The predicted octanol–water partition coefficient (Wildman–Crippen LogP) is 7.71. The second kappa shape index (κ2) is 9.41. The minimum atomic E-state index is -0.152. The molecule has 1 amide bonds. The van der Waals surface area contributed by atoms with Crippen molar-refractivity contribution in [2.75, 3.05) is 7.05 Å². The third-order valence-corrected chi connectivity index (χ3v) is 6.60. The number of rotatable bonds is 5. The van der Waals surface area contributed by atoms with E-state index in [4.69, 9.17) is 39.8 Å². The first-order valence-electron chi connectivity index (χ1n) is 9.44. The van der Waals surface area contributed by atoms with E-state index in [1.54, 1.807) is 24.1 Å². The molecule has 0 aliphatic carbocycles. The van der Waals surface area contributed by atoms with E-state index in [2.05, 4.69) is 0 Å². The number of thiazole rings is 1. The van der Waals surface area contributed by atoms with E-state index in [0.717, 1.165) is 21.6 Å². The van der Waals surface area contributed by atoms with Gasteiger partial charge in [-0.25, -0.2) is 4.98 Å². The van der Waals surface area contributed by atoms with Crippen LogP contribution < -0.4 is 0 Å². The average Bonchev–Trinajstić information content (AvgIpc) is 3.19. The Labute approximate surface area is 199 Å². The summed E-state index contributed by atoms with van der Waals surface area (Å²) in [5.41, 5.74) is 3.32. The molecule has 0 spiro atoms. The largest absolute Gasteiger partial charge is 0.335 e. The van der Waals surface area contributed by atoms with Crippen LogP contribution in [-0.4, -0.2) is 22.8 Å². The molecule has 0 bridgehead atoms. The Kier molecular flexibility index (Phi) is 6.63. The zero-order chi connectivity index (χ0) is 22.0. The number of carbonyl (C=O) groups excluding carboxylic acids is 1. The van der Waals surface area contributed by atoms with Crippen LogP contribution in [0, 0.1) is 0 Å². The summed E-state index contributed by atoms with van der Waals surface area (Å²) >= 11 is 19.9. The summed E-state index contributed by atoms with van der Waals surface area (Å²) in [4.78, 5) is 20.4. The normalized spacial score (nSPS) is 10.8. The number of benzene rings is 3.